The average molecular weight is 577 g/mol. The van der Waals surface area contributed by atoms with Crippen LogP contribution in [0.5, 0.6) is 0 Å². The Balaban J connectivity index is 1.00. The lowest BCUT2D eigenvalue weighted by atomic mass is 9.89. The van der Waals surface area contributed by atoms with E-state index < -0.39 is 0 Å². The van der Waals surface area contributed by atoms with Gasteiger partial charge in [0, 0.05) is 67.8 Å². The summed E-state index contributed by atoms with van der Waals surface area (Å²) >= 11 is 0. The van der Waals surface area contributed by atoms with Crippen molar-refractivity contribution in [3.63, 3.8) is 0 Å². The number of fused-ring (bicyclic) bond motifs is 2. The zero-order chi connectivity index (χ0) is 29.7. The van der Waals surface area contributed by atoms with Gasteiger partial charge in [-0.1, -0.05) is 66.7 Å². The van der Waals surface area contributed by atoms with Crippen LogP contribution in [0.3, 0.4) is 0 Å². The van der Waals surface area contributed by atoms with Crippen LogP contribution in [0.4, 0.5) is 0 Å². The smallest absolute Gasteiger partial charge is 0.253 e. The number of hydrogen-bond donors (Lipinski definition) is 0. The summed E-state index contributed by atoms with van der Waals surface area (Å²) in [5.74, 6) is 0.714. The van der Waals surface area contributed by atoms with Crippen LogP contribution in [0, 0.1) is 0 Å². The molecule has 3 aromatic carbocycles. The van der Waals surface area contributed by atoms with Crippen LogP contribution >= 0.6 is 0 Å². The predicted octanol–water partition coefficient (Wildman–Crippen LogP) is 6.15. The van der Waals surface area contributed by atoms with Gasteiger partial charge in [0.25, 0.3) is 5.91 Å². The molecule has 4 heterocycles. The molecule has 7 heteroatoms. The molecule has 1 atom stereocenters. The van der Waals surface area contributed by atoms with Gasteiger partial charge in [-0.25, -0.2) is 9.97 Å². The van der Waals surface area contributed by atoms with Crippen molar-refractivity contribution in [3.05, 3.63) is 144 Å². The number of pyridine rings is 1. The predicted molar refractivity (Wildman–Crippen MR) is 172 cm³/mol. The van der Waals surface area contributed by atoms with Gasteiger partial charge in [-0.2, -0.15) is 0 Å². The summed E-state index contributed by atoms with van der Waals surface area (Å²) < 4.78 is 2.08. The van der Waals surface area contributed by atoms with Crippen LogP contribution in [0.2, 0.25) is 0 Å². The lowest BCUT2D eigenvalue weighted by Crippen LogP contribution is -2.38. The molecule has 0 bridgehead atoms. The second kappa shape index (κ2) is 10.5. The zero-order valence-electron chi connectivity index (χ0n) is 24.5. The third kappa shape index (κ3) is 4.66. The van der Waals surface area contributed by atoms with Crippen molar-refractivity contribution in [1.82, 2.24) is 29.2 Å². The van der Waals surface area contributed by atoms with Crippen LogP contribution in [0.15, 0.2) is 122 Å². The van der Waals surface area contributed by atoms with Gasteiger partial charge in [0.1, 0.15) is 0 Å². The van der Waals surface area contributed by atoms with E-state index in [0.717, 1.165) is 53.8 Å². The number of hydrogen-bond acceptors (Lipinski definition) is 5. The summed E-state index contributed by atoms with van der Waals surface area (Å²) in [6, 6.07) is 29.1. The number of aromatic nitrogens is 4. The second-order valence-corrected chi connectivity index (χ2v) is 11.9. The summed E-state index contributed by atoms with van der Waals surface area (Å²) in [5.41, 5.74) is 6.87. The maximum absolute atomic E-state index is 13.4. The van der Waals surface area contributed by atoms with E-state index in [1.54, 1.807) is 0 Å². The fourth-order valence-electron chi connectivity index (χ4n) is 6.54. The highest BCUT2D eigenvalue weighted by atomic mass is 16.2. The molecule has 1 unspecified atom stereocenters. The number of nitrogens with zero attached hydrogens (tertiary/aromatic N) is 6. The quantitative estimate of drug-likeness (QED) is 0.214. The molecule has 0 spiro atoms. The van der Waals surface area contributed by atoms with Crippen LogP contribution in [-0.4, -0.2) is 61.2 Å². The second-order valence-electron chi connectivity index (χ2n) is 11.9. The molecule has 0 radical (unpaired) electrons. The Hall–Kier alpha value is -5.14. The number of likely N-dealkylation sites (tertiary alicyclic amines) is 1. The van der Waals surface area contributed by atoms with E-state index in [1.165, 1.54) is 11.1 Å². The molecule has 1 saturated heterocycles. The number of amides is 1. The fraction of sp³-hybridized carbons (Fsp3) is 0.189. The largest absolute Gasteiger partial charge is 0.337 e. The first-order chi connectivity index (χ1) is 21.6. The number of likely N-dealkylation sites (N-methyl/N-ethyl adjacent to an activating group) is 1. The number of carbonyl (C=O) groups is 1. The highest BCUT2D eigenvalue weighted by Crippen LogP contribution is 2.45. The van der Waals surface area contributed by atoms with Crippen molar-refractivity contribution >= 4 is 22.6 Å². The average Bonchev–Trinajstić information content (AvgIpc) is 3.55. The van der Waals surface area contributed by atoms with Crippen LogP contribution in [0.1, 0.15) is 33.6 Å². The monoisotopic (exact) mass is 576 g/mol. The molecular weight excluding hydrogens is 544 g/mol. The lowest BCUT2D eigenvalue weighted by Gasteiger charge is -2.25. The minimum atomic E-state index is -0.318. The summed E-state index contributed by atoms with van der Waals surface area (Å²) in [6.45, 7) is 2.80. The van der Waals surface area contributed by atoms with E-state index in [2.05, 4.69) is 91.1 Å². The number of benzene rings is 3. The Kier molecular flexibility index (Phi) is 6.34. The molecule has 216 valence electrons. The van der Waals surface area contributed by atoms with Crippen molar-refractivity contribution in [2.24, 2.45) is 0 Å². The van der Waals surface area contributed by atoms with Gasteiger partial charge in [-0.3, -0.25) is 19.1 Å². The SMILES string of the molecule is CN(C(=O)c1ccc(-c2cnc3ncc(C4(c5ccc6ncccc6c5)C=C4)n3c2)cc1)C1CCN(Cc2ccccc2)C1. The zero-order valence-corrected chi connectivity index (χ0v) is 24.5. The third-order valence-corrected chi connectivity index (χ3v) is 9.20. The van der Waals surface area contributed by atoms with Gasteiger partial charge < -0.3 is 4.90 Å². The first kappa shape index (κ1) is 26.5. The number of rotatable bonds is 7. The van der Waals surface area contributed by atoms with E-state index in [9.17, 15) is 4.79 Å². The number of carbonyl (C=O) groups excluding carboxylic acids is 1. The molecule has 2 aliphatic rings. The molecule has 6 aromatic rings. The third-order valence-electron chi connectivity index (χ3n) is 9.20. The lowest BCUT2D eigenvalue weighted by molar-refractivity contribution is 0.0735. The van der Waals surface area contributed by atoms with Gasteiger partial charge in [0.2, 0.25) is 5.78 Å². The van der Waals surface area contributed by atoms with Gasteiger partial charge in [-0.15, -0.1) is 0 Å². The molecular formula is C37H32N6O. The Bertz CT molecular complexity index is 2020. The highest BCUT2D eigenvalue weighted by Gasteiger charge is 2.41. The Morgan fingerprint density at radius 3 is 2.55 bits per heavy atom. The van der Waals surface area contributed by atoms with Gasteiger partial charge in [0.15, 0.2) is 0 Å². The van der Waals surface area contributed by atoms with Crippen LogP contribution in [0.25, 0.3) is 27.8 Å². The van der Waals surface area contributed by atoms with E-state index in [-0.39, 0.29) is 17.4 Å². The van der Waals surface area contributed by atoms with E-state index in [1.807, 2.05) is 66.9 Å². The molecule has 7 nitrogen and oxygen atoms in total. The van der Waals surface area contributed by atoms with Crippen molar-refractivity contribution in [1.29, 1.82) is 0 Å². The van der Waals surface area contributed by atoms with Crippen LogP contribution < -0.4 is 0 Å². The standard InChI is InChI=1S/C37H32N6O/c1-41(32-15-19-42(25-32)23-26-6-3-2-4-7-26)35(44)28-11-9-27(10-12-28)30-21-39-36-40-22-34(43(36)24-30)37(16-17-37)31-13-14-33-29(20-31)8-5-18-38-33/h2-14,16-18,20-22,24,32H,15,19,23,25H2,1H3. The minimum absolute atomic E-state index is 0.0564. The Morgan fingerprint density at radius 2 is 1.73 bits per heavy atom. The molecule has 44 heavy (non-hydrogen) atoms. The number of allylic oxidation sites excluding steroid dienone is 2. The maximum Gasteiger partial charge on any atom is 0.253 e. The summed E-state index contributed by atoms with van der Waals surface area (Å²) in [4.78, 5) is 31.5. The summed E-state index contributed by atoms with van der Waals surface area (Å²) in [6.07, 6.45) is 13.1. The maximum atomic E-state index is 13.4. The molecule has 1 fully saturated rings. The molecule has 1 amide bonds. The van der Waals surface area contributed by atoms with Gasteiger partial charge in [-0.05, 0) is 53.4 Å². The number of imidazole rings is 1. The molecule has 1 aliphatic heterocycles. The van der Waals surface area contributed by atoms with Crippen molar-refractivity contribution in [3.8, 4) is 11.1 Å². The summed E-state index contributed by atoms with van der Waals surface area (Å²) in [5, 5.41) is 1.11. The van der Waals surface area contributed by atoms with Gasteiger partial charge in [0.05, 0.1) is 22.8 Å². The molecule has 0 N–H and O–H groups in total. The highest BCUT2D eigenvalue weighted by molar-refractivity contribution is 5.94. The normalized spacial score (nSPS) is 17.3. The first-order valence-electron chi connectivity index (χ1n) is 15.1. The van der Waals surface area contributed by atoms with Gasteiger partial charge >= 0.3 is 0 Å². The summed E-state index contributed by atoms with van der Waals surface area (Å²) in [7, 11) is 1.93. The van der Waals surface area contributed by atoms with Crippen molar-refractivity contribution < 1.29 is 4.79 Å². The van der Waals surface area contributed by atoms with E-state index in [4.69, 9.17) is 0 Å². The first-order valence-corrected chi connectivity index (χ1v) is 15.1. The van der Waals surface area contributed by atoms with Crippen molar-refractivity contribution in [2.45, 2.75) is 24.4 Å². The fourth-order valence-corrected chi connectivity index (χ4v) is 6.54. The van der Waals surface area contributed by atoms with Crippen molar-refractivity contribution in [2.75, 3.05) is 20.1 Å². The molecule has 8 rings (SSSR count). The molecule has 3 aromatic heterocycles. The van der Waals surface area contributed by atoms with Crippen LogP contribution in [-0.2, 0) is 12.0 Å². The van der Waals surface area contributed by atoms with E-state index >= 15 is 0 Å². The molecule has 1 aliphatic carbocycles. The van der Waals surface area contributed by atoms with E-state index in [0.29, 0.717) is 11.3 Å². The Morgan fingerprint density at radius 1 is 0.909 bits per heavy atom. The minimum Gasteiger partial charge on any atom is -0.337 e. The Labute approximate surface area is 256 Å². The topological polar surface area (TPSA) is 66.6 Å². The molecule has 0 saturated carbocycles.